The molecule has 0 fully saturated rings. The van der Waals surface area contributed by atoms with Gasteiger partial charge in [-0.1, -0.05) is 6.07 Å². The van der Waals surface area contributed by atoms with Crippen LogP contribution in [0.3, 0.4) is 0 Å². The lowest BCUT2D eigenvalue weighted by Crippen LogP contribution is -2.05. The van der Waals surface area contributed by atoms with Crippen LogP contribution in [0.2, 0.25) is 0 Å². The molecule has 0 spiro atoms. The molecule has 2 rings (SSSR count). The lowest BCUT2D eigenvalue weighted by Gasteiger charge is -2.00. The van der Waals surface area contributed by atoms with Crippen LogP contribution in [0.25, 0.3) is 11.4 Å². The van der Waals surface area contributed by atoms with E-state index >= 15 is 0 Å². The van der Waals surface area contributed by atoms with E-state index in [2.05, 4.69) is 9.36 Å². The second-order valence-corrected chi connectivity index (χ2v) is 3.98. The minimum atomic E-state index is -0.440. The molecule has 6 heteroatoms. The van der Waals surface area contributed by atoms with E-state index in [0.717, 1.165) is 11.5 Å². The lowest BCUT2D eigenvalue weighted by molar-refractivity contribution is 0.0533. The van der Waals surface area contributed by atoms with Crippen LogP contribution in [-0.2, 0) is 4.74 Å². The van der Waals surface area contributed by atoms with Crippen molar-refractivity contribution in [2.75, 3.05) is 12.3 Å². The summed E-state index contributed by atoms with van der Waals surface area (Å²) in [7, 11) is 0. The van der Waals surface area contributed by atoms with Crippen molar-refractivity contribution in [1.29, 1.82) is 0 Å². The first-order valence-electron chi connectivity index (χ1n) is 5.07. The van der Waals surface area contributed by atoms with Crippen molar-refractivity contribution in [2.24, 2.45) is 0 Å². The third kappa shape index (κ3) is 2.26. The average molecular weight is 249 g/mol. The highest BCUT2D eigenvalue weighted by Gasteiger charge is 2.19. The number of ether oxygens (including phenoxy) is 1. The fourth-order valence-electron chi connectivity index (χ4n) is 1.33. The van der Waals surface area contributed by atoms with Gasteiger partial charge in [0, 0.05) is 6.20 Å². The van der Waals surface area contributed by atoms with Crippen LogP contribution in [0.15, 0.2) is 24.4 Å². The van der Waals surface area contributed by atoms with Crippen molar-refractivity contribution in [3.8, 4) is 11.4 Å². The fourth-order valence-corrected chi connectivity index (χ4v) is 2.03. The van der Waals surface area contributed by atoms with Gasteiger partial charge in [0.15, 0.2) is 4.88 Å². The summed E-state index contributed by atoms with van der Waals surface area (Å²) in [6.07, 6.45) is 1.65. The number of nitrogen functional groups attached to an aromatic ring is 1. The molecule has 0 aliphatic rings. The van der Waals surface area contributed by atoms with E-state index in [1.165, 1.54) is 0 Å². The van der Waals surface area contributed by atoms with E-state index < -0.39 is 5.97 Å². The molecule has 2 aromatic heterocycles. The molecule has 88 valence electrons. The number of hydrogen-bond donors (Lipinski definition) is 1. The summed E-state index contributed by atoms with van der Waals surface area (Å²) in [5.41, 5.74) is 7.38. The number of carbonyl (C=O) groups excluding carboxylic acids is 1. The summed E-state index contributed by atoms with van der Waals surface area (Å²) < 4.78 is 9.03. The monoisotopic (exact) mass is 249 g/mol. The van der Waals surface area contributed by atoms with E-state index in [4.69, 9.17) is 10.5 Å². The maximum absolute atomic E-state index is 11.6. The van der Waals surface area contributed by atoms with Crippen LogP contribution in [0, 0.1) is 0 Å². The van der Waals surface area contributed by atoms with Gasteiger partial charge in [-0.15, -0.1) is 0 Å². The fraction of sp³-hybridized carbons (Fsp3) is 0.182. The van der Waals surface area contributed by atoms with Gasteiger partial charge in [-0.25, -0.2) is 4.79 Å². The van der Waals surface area contributed by atoms with Crippen molar-refractivity contribution in [1.82, 2.24) is 9.36 Å². The number of anilines is 1. The highest BCUT2D eigenvalue weighted by molar-refractivity contribution is 7.09. The Hall–Kier alpha value is -1.95. The van der Waals surface area contributed by atoms with Gasteiger partial charge < -0.3 is 10.5 Å². The van der Waals surface area contributed by atoms with Crippen molar-refractivity contribution in [3.05, 3.63) is 29.3 Å². The molecule has 0 aliphatic heterocycles. The standard InChI is InChI=1S/C11H11N3O2S/c1-2-16-11(15)10-8(12)9(14-17-10)7-5-3-4-6-13-7/h3-6H,2,12H2,1H3. The summed E-state index contributed by atoms with van der Waals surface area (Å²) in [5.74, 6) is -0.440. The molecule has 0 saturated carbocycles. The molecule has 0 unspecified atom stereocenters. The van der Waals surface area contributed by atoms with Gasteiger partial charge in [0.05, 0.1) is 18.0 Å². The predicted octanol–water partition coefficient (Wildman–Crippen LogP) is 1.96. The maximum Gasteiger partial charge on any atom is 0.352 e. The van der Waals surface area contributed by atoms with Crippen molar-refractivity contribution in [2.45, 2.75) is 6.92 Å². The van der Waals surface area contributed by atoms with Crippen LogP contribution in [0.5, 0.6) is 0 Å². The highest BCUT2D eigenvalue weighted by Crippen LogP contribution is 2.29. The zero-order valence-corrected chi connectivity index (χ0v) is 10.0. The molecule has 0 amide bonds. The molecule has 0 bridgehead atoms. The number of carbonyl (C=O) groups is 1. The molecule has 0 aromatic carbocycles. The smallest absolute Gasteiger partial charge is 0.352 e. The van der Waals surface area contributed by atoms with Crippen LogP contribution in [-0.4, -0.2) is 21.9 Å². The number of nitrogens with zero attached hydrogens (tertiary/aromatic N) is 2. The lowest BCUT2D eigenvalue weighted by atomic mass is 10.2. The summed E-state index contributed by atoms with van der Waals surface area (Å²) >= 11 is 1.03. The molecular weight excluding hydrogens is 238 g/mol. The first-order valence-corrected chi connectivity index (χ1v) is 5.85. The van der Waals surface area contributed by atoms with E-state index in [1.807, 2.05) is 6.07 Å². The van der Waals surface area contributed by atoms with Crippen molar-refractivity contribution in [3.63, 3.8) is 0 Å². The van der Waals surface area contributed by atoms with Crippen molar-refractivity contribution < 1.29 is 9.53 Å². The van der Waals surface area contributed by atoms with Gasteiger partial charge >= 0.3 is 5.97 Å². The Balaban J connectivity index is 2.37. The predicted molar refractivity (Wildman–Crippen MR) is 65.7 cm³/mol. The van der Waals surface area contributed by atoms with Gasteiger partial charge in [-0.2, -0.15) is 4.37 Å². The second-order valence-electron chi connectivity index (χ2n) is 3.21. The van der Waals surface area contributed by atoms with Crippen LogP contribution in [0.1, 0.15) is 16.6 Å². The van der Waals surface area contributed by atoms with Crippen LogP contribution < -0.4 is 5.73 Å². The largest absolute Gasteiger partial charge is 0.462 e. The Morgan fingerprint density at radius 3 is 3.00 bits per heavy atom. The number of nitrogens with two attached hydrogens (primary N) is 1. The zero-order chi connectivity index (χ0) is 12.3. The number of rotatable bonds is 3. The minimum absolute atomic E-state index is 0.315. The van der Waals surface area contributed by atoms with Crippen LogP contribution >= 0.6 is 11.5 Å². The number of pyridine rings is 1. The zero-order valence-electron chi connectivity index (χ0n) is 9.21. The molecular formula is C11H11N3O2S. The summed E-state index contributed by atoms with van der Waals surface area (Å²) in [6, 6.07) is 5.43. The maximum atomic E-state index is 11.6. The van der Waals surface area contributed by atoms with E-state index in [-0.39, 0.29) is 0 Å². The van der Waals surface area contributed by atoms with Gasteiger partial charge in [-0.05, 0) is 30.6 Å². The van der Waals surface area contributed by atoms with Gasteiger partial charge in [0.25, 0.3) is 0 Å². The van der Waals surface area contributed by atoms with Crippen LogP contribution in [0.4, 0.5) is 5.69 Å². The van der Waals surface area contributed by atoms with Gasteiger partial charge in [-0.3, -0.25) is 4.98 Å². The Bertz CT molecular complexity index is 525. The first kappa shape index (κ1) is 11.5. The first-order chi connectivity index (χ1) is 8.24. The average Bonchev–Trinajstić information content (AvgIpc) is 2.72. The van der Waals surface area contributed by atoms with E-state index in [1.54, 1.807) is 25.3 Å². The topological polar surface area (TPSA) is 78.1 Å². The second kappa shape index (κ2) is 4.92. The summed E-state index contributed by atoms with van der Waals surface area (Å²) in [6.45, 7) is 2.06. The Morgan fingerprint density at radius 2 is 2.35 bits per heavy atom. The minimum Gasteiger partial charge on any atom is -0.462 e. The molecule has 2 N–H and O–H groups in total. The SMILES string of the molecule is CCOC(=O)c1snc(-c2ccccn2)c1N. The molecule has 0 radical (unpaired) electrons. The van der Waals surface area contributed by atoms with Crippen molar-refractivity contribution >= 4 is 23.2 Å². The molecule has 0 atom stereocenters. The highest BCUT2D eigenvalue weighted by atomic mass is 32.1. The molecule has 5 nitrogen and oxygen atoms in total. The van der Waals surface area contributed by atoms with E-state index in [0.29, 0.717) is 28.6 Å². The molecule has 17 heavy (non-hydrogen) atoms. The number of esters is 1. The van der Waals surface area contributed by atoms with Gasteiger partial charge in [0.1, 0.15) is 5.69 Å². The molecule has 0 saturated heterocycles. The van der Waals surface area contributed by atoms with E-state index in [9.17, 15) is 4.79 Å². The summed E-state index contributed by atoms with van der Waals surface area (Å²) in [4.78, 5) is 16.0. The Morgan fingerprint density at radius 1 is 1.53 bits per heavy atom. The van der Waals surface area contributed by atoms with Gasteiger partial charge in [0.2, 0.25) is 0 Å². The Kier molecular flexibility index (Phi) is 3.34. The normalized spacial score (nSPS) is 10.2. The third-order valence-electron chi connectivity index (χ3n) is 2.10. The quantitative estimate of drug-likeness (QED) is 0.841. The molecule has 0 aliphatic carbocycles. The number of hydrogen-bond acceptors (Lipinski definition) is 6. The third-order valence-corrected chi connectivity index (χ3v) is 2.94. The Labute approximate surface area is 102 Å². The summed E-state index contributed by atoms with van der Waals surface area (Å²) in [5, 5.41) is 0. The molecule has 2 aromatic rings. The number of aromatic nitrogens is 2. The molecule has 2 heterocycles.